The molecule has 0 unspecified atom stereocenters. The van der Waals surface area contributed by atoms with Gasteiger partial charge in [-0.15, -0.1) is 0 Å². The van der Waals surface area contributed by atoms with Crippen LogP contribution in [-0.4, -0.2) is 24.3 Å². The SMILES string of the molecule is O=C1CC(=O)NC(N2CCc3ccccc32)=N1. The zero-order valence-corrected chi connectivity index (χ0v) is 9.14. The first-order valence-electron chi connectivity index (χ1n) is 5.51. The number of nitrogens with one attached hydrogen (secondary N) is 1. The van der Waals surface area contributed by atoms with E-state index >= 15 is 0 Å². The maximum Gasteiger partial charge on any atom is 0.258 e. The number of hydrogen-bond donors (Lipinski definition) is 1. The molecule has 2 amide bonds. The van der Waals surface area contributed by atoms with Gasteiger partial charge in [0.05, 0.1) is 0 Å². The molecule has 1 N–H and O–H groups in total. The van der Waals surface area contributed by atoms with E-state index in [1.165, 1.54) is 5.56 Å². The highest BCUT2D eigenvalue weighted by molar-refractivity contribution is 6.18. The molecule has 86 valence electrons. The van der Waals surface area contributed by atoms with Gasteiger partial charge in [0.1, 0.15) is 6.42 Å². The lowest BCUT2D eigenvalue weighted by molar-refractivity contribution is -0.127. The van der Waals surface area contributed by atoms with Crippen LogP contribution < -0.4 is 10.2 Å². The second-order valence-corrected chi connectivity index (χ2v) is 4.08. The molecule has 0 saturated heterocycles. The summed E-state index contributed by atoms with van der Waals surface area (Å²) in [5, 5.41) is 2.65. The van der Waals surface area contributed by atoms with E-state index in [4.69, 9.17) is 0 Å². The van der Waals surface area contributed by atoms with Gasteiger partial charge in [-0.3, -0.25) is 14.9 Å². The van der Waals surface area contributed by atoms with Crippen molar-refractivity contribution >= 4 is 23.5 Å². The van der Waals surface area contributed by atoms with Gasteiger partial charge in [-0.25, -0.2) is 0 Å². The standard InChI is InChI=1S/C12H11N3O2/c16-10-7-11(17)14-12(13-10)15-6-5-8-3-1-2-4-9(8)15/h1-4H,5-7H2,(H,13,14,16,17). The summed E-state index contributed by atoms with van der Waals surface area (Å²) in [6.45, 7) is 0.742. The molecule has 0 radical (unpaired) electrons. The van der Waals surface area contributed by atoms with Crippen LogP contribution in [0.5, 0.6) is 0 Å². The van der Waals surface area contributed by atoms with E-state index in [2.05, 4.69) is 10.3 Å². The van der Waals surface area contributed by atoms with E-state index in [1.54, 1.807) is 0 Å². The van der Waals surface area contributed by atoms with E-state index in [0.29, 0.717) is 5.96 Å². The van der Waals surface area contributed by atoms with E-state index in [-0.39, 0.29) is 18.2 Å². The number of carbonyl (C=O) groups excluding carboxylic acids is 2. The third-order valence-corrected chi connectivity index (χ3v) is 2.94. The predicted octanol–water partition coefficient (Wildman–Crippen LogP) is 0.452. The first kappa shape index (κ1) is 10.0. The smallest absolute Gasteiger partial charge is 0.258 e. The van der Waals surface area contributed by atoms with E-state index in [1.807, 2.05) is 29.2 Å². The van der Waals surface area contributed by atoms with Crippen LogP contribution >= 0.6 is 0 Å². The molecular weight excluding hydrogens is 218 g/mol. The minimum Gasteiger partial charge on any atom is -0.311 e. The number of benzene rings is 1. The molecule has 5 heteroatoms. The number of fused-ring (bicyclic) bond motifs is 1. The minimum absolute atomic E-state index is 0.154. The fourth-order valence-corrected chi connectivity index (χ4v) is 2.18. The number of nitrogens with zero attached hydrogens (tertiary/aromatic N) is 2. The fraction of sp³-hybridized carbons (Fsp3) is 0.250. The first-order valence-corrected chi connectivity index (χ1v) is 5.51. The Hall–Kier alpha value is -2.17. The molecule has 0 aliphatic carbocycles. The molecule has 2 heterocycles. The highest BCUT2D eigenvalue weighted by atomic mass is 16.2. The summed E-state index contributed by atoms with van der Waals surface area (Å²) in [4.78, 5) is 28.4. The maximum absolute atomic E-state index is 11.3. The lowest BCUT2D eigenvalue weighted by Gasteiger charge is -2.23. The largest absolute Gasteiger partial charge is 0.311 e. The van der Waals surface area contributed by atoms with Gasteiger partial charge in [0.15, 0.2) is 0 Å². The van der Waals surface area contributed by atoms with Crippen LogP contribution in [-0.2, 0) is 16.0 Å². The average Bonchev–Trinajstić information content (AvgIpc) is 2.71. The molecule has 3 rings (SSSR count). The van der Waals surface area contributed by atoms with Crippen molar-refractivity contribution in [1.29, 1.82) is 0 Å². The highest BCUT2D eigenvalue weighted by Gasteiger charge is 2.27. The van der Waals surface area contributed by atoms with Crippen molar-refractivity contribution in [3.05, 3.63) is 29.8 Å². The molecule has 1 aromatic carbocycles. The Bertz CT molecular complexity index is 536. The summed E-state index contributed by atoms with van der Waals surface area (Å²) in [6, 6.07) is 7.93. The lowest BCUT2D eigenvalue weighted by atomic mass is 10.2. The van der Waals surface area contributed by atoms with Gasteiger partial charge < -0.3 is 4.90 Å². The zero-order valence-electron chi connectivity index (χ0n) is 9.14. The van der Waals surface area contributed by atoms with Gasteiger partial charge in [-0.1, -0.05) is 18.2 Å². The van der Waals surface area contributed by atoms with Crippen LogP contribution in [0, 0.1) is 0 Å². The van der Waals surface area contributed by atoms with Crippen molar-refractivity contribution in [3.8, 4) is 0 Å². The van der Waals surface area contributed by atoms with Crippen LogP contribution in [0.25, 0.3) is 0 Å². The van der Waals surface area contributed by atoms with Crippen LogP contribution in [0.2, 0.25) is 0 Å². The third-order valence-electron chi connectivity index (χ3n) is 2.94. The monoisotopic (exact) mass is 229 g/mol. The second-order valence-electron chi connectivity index (χ2n) is 4.08. The molecule has 0 bridgehead atoms. The number of para-hydroxylation sites is 1. The Labute approximate surface area is 98.1 Å². The molecule has 0 atom stereocenters. The molecule has 1 aromatic rings. The van der Waals surface area contributed by atoms with Crippen LogP contribution in [0.1, 0.15) is 12.0 Å². The molecular formula is C12H11N3O2. The number of aliphatic imine (C=N–C) groups is 1. The third kappa shape index (κ3) is 1.69. The summed E-state index contributed by atoms with van der Waals surface area (Å²) in [6.07, 6.45) is 0.748. The predicted molar refractivity (Wildman–Crippen MR) is 62.7 cm³/mol. The zero-order chi connectivity index (χ0) is 11.8. The number of hydrogen-bond acceptors (Lipinski definition) is 3. The van der Waals surface area contributed by atoms with Crippen molar-refractivity contribution in [1.82, 2.24) is 5.32 Å². The van der Waals surface area contributed by atoms with Gasteiger partial charge in [0.25, 0.3) is 5.91 Å². The Kier molecular flexibility index (Phi) is 2.18. The van der Waals surface area contributed by atoms with E-state index < -0.39 is 0 Å². The number of anilines is 1. The maximum atomic E-state index is 11.3. The Balaban J connectivity index is 1.97. The average molecular weight is 229 g/mol. The fourth-order valence-electron chi connectivity index (χ4n) is 2.18. The van der Waals surface area contributed by atoms with Crippen LogP contribution in [0.4, 0.5) is 5.69 Å². The minimum atomic E-state index is -0.381. The van der Waals surface area contributed by atoms with Gasteiger partial charge in [0, 0.05) is 12.2 Å². The van der Waals surface area contributed by atoms with Gasteiger partial charge >= 0.3 is 0 Å². The van der Waals surface area contributed by atoms with Crippen molar-refractivity contribution < 1.29 is 9.59 Å². The van der Waals surface area contributed by atoms with Crippen molar-refractivity contribution in [2.75, 3.05) is 11.4 Å². The lowest BCUT2D eigenvalue weighted by Crippen LogP contribution is -2.47. The molecule has 0 saturated carbocycles. The molecule has 17 heavy (non-hydrogen) atoms. The summed E-state index contributed by atoms with van der Waals surface area (Å²) in [5.41, 5.74) is 2.23. The number of rotatable bonds is 0. The summed E-state index contributed by atoms with van der Waals surface area (Å²) < 4.78 is 0. The normalized spacial score (nSPS) is 18.8. The summed E-state index contributed by atoms with van der Waals surface area (Å²) >= 11 is 0. The van der Waals surface area contributed by atoms with Crippen LogP contribution in [0.15, 0.2) is 29.3 Å². The number of guanidine groups is 1. The molecule has 0 aromatic heterocycles. The van der Waals surface area contributed by atoms with E-state index in [0.717, 1.165) is 18.7 Å². The van der Waals surface area contributed by atoms with Crippen molar-refractivity contribution in [3.63, 3.8) is 0 Å². The highest BCUT2D eigenvalue weighted by Crippen LogP contribution is 2.27. The number of amides is 2. The topological polar surface area (TPSA) is 61.8 Å². The quantitative estimate of drug-likeness (QED) is 0.657. The Morgan fingerprint density at radius 3 is 2.88 bits per heavy atom. The van der Waals surface area contributed by atoms with Crippen molar-refractivity contribution in [2.24, 2.45) is 4.99 Å². The summed E-state index contributed by atoms with van der Waals surface area (Å²) in [5.74, 6) is -0.311. The van der Waals surface area contributed by atoms with Crippen LogP contribution in [0.3, 0.4) is 0 Å². The second kappa shape index (κ2) is 3.69. The summed E-state index contributed by atoms with van der Waals surface area (Å²) in [7, 11) is 0. The molecule has 0 spiro atoms. The molecule has 5 nitrogen and oxygen atoms in total. The van der Waals surface area contributed by atoms with Gasteiger partial charge in [-0.05, 0) is 18.1 Å². The Morgan fingerprint density at radius 2 is 2.06 bits per heavy atom. The first-order chi connectivity index (χ1) is 8.24. The van der Waals surface area contributed by atoms with Crippen molar-refractivity contribution in [2.45, 2.75) is 12.8 Å². The van der Waals surface area contributed by atoms with Gasteiger partial charge in [0.2, 0.25) is 11.9 Å². The Morgan fingerprint density at radius 1 is 1.24 bits per heavy atom. The number of carbonyl (C=O) groups is 2. The molecule has 0 fully saturated rings. The van der Waals surface area contributed by atoms with Gasteiger partial charge in [-0.2, -0.15) is 4.99 Å². The molecule has 2 aliphatic heterocycles. The molecule has 2 aliphatic rings. The van der Waals surface area contributed by atoms with E-state index in [9.17, 15) is 9.59 Å².